The van der Waals surface area contributed by atoms with Crippen LogP contribution in [0.3, 0.4) is 0 Å². The van der Waals surface area contributed by atoms with Gasteiger partial charge in [0.1, 0.15) is 6.04 Å². The van der Waals surface area contributed by atoms with Gasteiger partial charge in [-0.2, -0.15) is 0 Å². The number of hydrogen-bond acceptors (Lipinski definition) is 3. The maximum atomic E-state index is 13.7. The molecule has 0 radical (unpaired) electrons. The summed E-state index contributed by atoms with van der Waals surface area (Å²) in [7, 11) is 0. The van der Waals surface area contributed by atoms with Gasteiger partial charge in [0, 0.05) is 40.3 Å². The van der Waals surface area contributed by atoms with Crippen molar-refractivity contribution in [3.8, 4) is 0 Å². The molecule has 1 atom stereocenters. The minimum atomic E-state index is -0.702. The van der Waals surface area contributed by atoms with E-state index in [9.17, 15) is 9.59 Å². The minimum absolute atomic E-state index is 0.140. The SMILES string of the molecule is CC(C)CNC(=O)C(Cc1ccccc1)N(Cc1ccc(Cl)cc1Cl)C(=O)CSCc1cccc(Cl)c1. The molecule has 1 N–H and O–H groups in total. The van der Waals surface area contributed by atoms with E-state index in [1.807, 2.05) is 68.4 Å². The molecule has 0 fully saturated rings. The lowest BCUT2D eigenvalue weighted by Gasteiger charge is -2.32. The number of nitrogens with zero attached hydrogens (tertiary/aromatic N) is 1. The van der Waals surface area contributed by atoms with Gasteiger partial charge in [-0.25, -0.2) is 0 Å². The molecule has 0 spiro atoms. The van der Waals surface area contributed by atoms with Gasteiger partial charge in [-0.3, -0.25) is 9.59 Å². The Morgan fingerprint density at radius 1 is 0.892 bits per heavy atom. The van der Waals surface area contributed by atoms with Crippen molar-refractivity contribution in [3.05, 3.63) is 105 Å². The Balaban J connectivity index is 1.87. The van der Waals surface area contributed by atoms with E-state index in [1.165, 1.54) is 11.8 Å². The zero-order chi connectivity index (χ0) is 26.8. The summed E-state index contributed by atoms with van der Waals surface area (Å²) in [6.45, 7) is 4.79. The van der Waals surface area contributed by atoms with E-state index in [-0.39, 0.29) is 30.0 Å². The number of amides is 2. The summed E-state index contributed by atoms with van der Waals surface area (Å²) >= 11 is 20.2. The molecule has 0 aliphatic carbocycles. The number of thioether (sulfide) groups is 1. The minimum Gasteiger partial charge on any atom is -0.354 e. The number of hydrogen-bond donors (Lipinski definition) is 1. The molecule has 37 heavy (non-hydrogen) atoms. The highest BCUT2D eigenvalue weighted by Gasteiger charge is 2.30. The molecule has 0 heterocycles. The summed E-state index contributed by atoms with van der Waals surface area (Å²) in [4.78, 5) is 28.8. The molecule has 8 heteroatoms. The van der Waals surface area contributed by atoms with E-state index in [4.69, 9.17) is 34.8 Å². The Hall–Kier alpha value is -2.18. The molecular weight excluding hydrogens is 547 g/mol. The second-order valence-corrected chi connectivity index (χ2v) is 11.5. The first-order valence-corrected chi connectivity index (χ1v) is 14.4. The maximum absolute atomic E-state index is 13.7. The Morgan fingerprint density at radius 2 is 1.59 bits per heavy atom. The van der Waals surface area contributed by atoms with E-state index in [2.05, 4.69) is 5.32 Å². The highest BCUT2D eigenvalue weighted by atomic mass is 35.5. The Morgan fingerprint density at radius 3 is 2.27 bits per heavy atom. The van der Waals surface area contributed by atoms with Crippen LogP contribution in [0, 0.1) is 5.92 Å². The zero-order valence-corrected chi connectivity index (χ0v) is 24.0. The summed E-state index contributed by atoms with van der Waals surface area (Å²) in [5, 5.41) is 4.66. The molecule has 4 nitrogen and oxygen atoms in total. The standard InChI is InChI=1S/C29H31Cl3N2O2S/c1-20(2)16-33-29(36)27(14-21-7-4-3-5-8-21)34(17-23-11-12-25(31)15-26(23)32)28(35)19-37-18-22-9-6-10-24(30)13-22/h3-13,15,20,27H,14,16-19H2,1-2H3,(H,33,36). The topological polar surface area (TPSA) is 49.4 Å². The predicted octanol–water partition coefficient (Wildman–Crippen LogP) is 7.29. The van der Waals surface area contributed by atoms with Crippen molar-refractivity contribution < 1.29 is 9.59 Å². The van der Waals surface area contributed by atoms with Crippen LogP contribution in [0.5, 0.6) is 0 Å². The van der Waals surface area contributed by atoms with Crippen LogP contribution in [0.4, 0.5) is 0 Å². The average Bonchev–Trinajstić information content (AvgIpc) is 2.86. The van der Waals surface area contributed by atoms with Crippen LogP contribution in [0.1, 0.15) is 30.5 Å². The molecule has 0 aliphatic rings. The number of carbonyl (C=O) groups is 2. The number of halogens is 3. The summed E-state index contributed by atoms with van der Waals surface area (Å²) in [5.41, 5.74) is 2.74. The van der Waals surface area contributed by atoms with Crippen molar-refractivity contribution in [3.63, 3.8) is 0 Å². The highest BCUT2D eigenvalue weighted by Crippen LogP contribution is 2.25. The summed E-state index contributed by atoms with van der Waals surface area (Å²) in [6.07, 6.45) is 0.390. The molecule has 0 saturated carbocycles. The fourth-order valence-corrected chi connectivity index (χ4v) is 5.31. The monoisotopic (exact) mass is 576 g/mol. The van der Waals surface area contributed by atoms with Crippen LogP contribution >= 0.6 is 46.6 Å². The molecule has 1 unspecified atom stereocenters. The largest absolute Gasteiger partial charge is 0.354 e. The predicted molar refractivity (Wildman–Crippen MR) is 156 cm³/mol. The first kappa shape index (κ1) is 29.4. The molecule has 2 amide bonds. The van der Waals surface area contributed by atoms with Crippen LogP contribution in [-0.4, -0.2) is 35.1 Å². The van der Waals surface area contributed by atoms with E-state index in [1.54, 1.807) is 23.1 Å². The van der Waals surface area contributed by atoms with Crippen molar-refractivity contribution >= 4 is 58.4 Å². The van der Waals surface area contributed by atoms with Gasteiger partial charge in [0.15, 0.2) is 0 Å². The molecule has 3 aromatic carbocycles. The molecule has 0 aromatic heterocycles. The van der Waals surface area contributed by atoms with Crippen molar-refractivity contribution in [2.24, 2.45) is 5.92 Å². The van der Waals surface area contributed by atoms with E-state index < -0.39 is 6.04 Å². The van der Waals surface area contributed by atoms with Gasteiger partial charge >= 0.3 is 0 Å². The van der Waals surface area contributed by atoms with Gasteiger partial charge in [0.2, 0.25) is 11.8 Å². The molecule has 196 valence electrons. The summed E-state index contributed by atoms with van der Waals surface area (Å²) < 4.78 is 0. The van der Waals surface area contributed by atoms with Crippen molar-refractivity contribution in [2.45, 2.75) is 38.6 Å². The molecule has 3 aromatic rings. The quantitative estimate of drug-likeness (QED) is 0.246. The first-order chi connectivity index (χ1) is 17.7. The van der Waals surface area contributed by atoms with Gasteiger partial charge in [-0.05, 0) is 46.9 Å². The second-order valence-electron chi connectivity index (χ2n) is 9.22. The average molecular weight is 578 g/mol. The van der Waals surface area contributed by atoms with Gasteiger partial charge in [-0.15, -0.1) is 11.8 Å². The Labute approximate surface area is 238 Å². The van der Waals surface area contributed by atoms with Gasteiger partial charge in [-0.1, -0.05) is 97.2 Å². The summed E-state index contributed by atoms with van der Waals surface area (Å²) in [5.74, 6) is 0.796. The fourth-order valence-electron chi connectivity index (χ4n) is 3.78. The van der Waals surface area contributed by atoms with Crippen LogP contribution in [0.15, 0.2) is 72.8 Å². The van der Waals surface area contributed by atoms with Gasteiger partial charge < -0.3 is 10.2 Å². The highest BCUT2D eigenvalue weighted by molar-refractivity contribution is 7.99. The summed E-state index contributed by atoms with van der Waals surface area (Å²) in [6, 6.07) is 21.8. The Bertz CT molecular complexity index is 1190. The van der Waals surface area contributed by atoms with E-state index in [0.29, 0.717) is 33.8 Å². The third-order valence-corrected chi connectivity index (χ3v) is 7.51. The second kappa shape index (κ2) is 14.7. The van der Waals surface area contributed by atoms with Crippen LogP contribution < -0.4 is 5.32 Å². The number of benzene rings is 3. The lowest BCUT2D eigenvalue weighted by atomic mass is 10.0. The smallest absolute Gasteiger partial charge is 0.243 e. The van der Waals surface area contributed by atoms with Crippen LogP contribution in [-0.2, 0) is 28.3 Å². The first-order valence-electron chi connectivity index (χ1n) is 12.1. The van der Waals surface area contributed by atoms with Gasteiger partial charge in [0.25, 0.3) is 0 Å². The normalized spacial score (nSPS) is 11.8. The molecule has 0 bridgehead atoms. The van der Waals surface area contributed by atoms with Gasteiger partial charge in [0.05, 0.1) is 5.75 Å². The van der Waals surface area contributed by atoms with Crippen LogP contribution in [0.2, 0.25) is 15.1 Å². The maximum Gasteiger partial charge on any atom is 0.243 e. The lowest BCUT2D eigenvalue weighted by molar-refractivity contribution is -0.139. The molecule has 3 rings (SSSR count). The molecule has 0 aliphatic heterocycles. The molecular formula is C29H31Cl3N2O2S. The third kappa shape index (κ3) is 9.57. The van der Waals surface area contributed by atoms with E-state index in [0.717, 1.165) is 16.7 Å². The van der Waals surface area contributed by atoms with Crippen molar-refractivity contribution in [1.82, 2.24) is 10.2 Å². The van der Waals surface area contributed by atoms with Crippen molar-refractivity contribution in [2.75, 3.05) is 12.3 Å². The number of carbonyl (C=O) groups excluding carboxylic acids is 2. The third-order valence-electron chi connectivity index (χ3n) is 5.69. The number of rotatable bonds is 12. The zero-order valence-electron chi connectivity index (χ0n) is 20.9. The van der Waals surface area contributed by atoms with E-state index >= 15 is 0 Å². The lowest BCUT2D eigenvalue weighted by Crippen LogP contribution is -2.51. The van der Waals surface area contributed by atoms with Crippen LogP contribution in [0.25, 0.3) is 0 Å². The Kier molecular flexibility index (Phi) is 11.7. The molecule has 0 saturated heterocycles. The number of nitrogens with one attached hydrogen (secondary N) is 1. The van der Waals surface area contributed by atoms with Crippen molar-refractivity contribution in [1.29, 1.82) is 0 Å². The fraction of sp³-hybridized carbons (Fsp3) is 0.310.